The van der Waals surface area contributed by atoms with Crippen LogP contribution in [-0.2, 0) is 11.3 Å². The standard InChI is InChI=1S/C9H10N4O3/c1-13-2-5-7(9(15)16)10-4-11-8(5)12-6(14)3-13/h4H,2-3H2,1H3,(H,15,16)(H,10,11,12,14). The average molecular weight is 222 g/mol. The number of carboxylic acids is 1. The Balaban J connectivity index is 2.52. The Morgan fingerprint density at radius 2 is 2.25 bits per heavy atom. The van der Waals surface area contributed by atoms with Crippen LogP contribution in [0.5, 0.6) is 0 Å². The molecule has 0 atom stereocenters. The first-order valence-electron chi connectivity index (χ1n) is 4.63. The van der Waals surface area contributed by atoms with Crippen LogP contribution >= 0.6 is 0 Å². The highest BCUT2D eigenvalue weighted by Crippen LogP contribution is 2.19. The number of aromatic carboxylic acids is 1. The van der Waals surface area contributed by atoms with Crippen molar-refractivity contribution in [3.63, 3.8) is 0 Å². The number of anilines is 1. The molecule has 1 aliphatic heterocycles. The van der Waals surface area contributed by atoms with Crippen LogP contribution in [0.3, 0.4) is 0 Å². The van der Waals surface area contributed by atoms with Crippen molar-refractivity contribution in [3.05, 3.63) is 17.6 Å². The summed E-state index contributed by atoms with van der Waals surface area (Å²) in [6, 6.07) is 0. The van der Waals surface area contributed by atoms with Crippen molar-refractivity contribution >= 4 is 17.7 Å². The number of hydrogen-bond acceptors (Lipinski definition) is 5. The van der Waals surface area contributed by atoms with Crippen molar-refractivity contribution in [2.24, 2.45) is 0 Å². The van der Waals surface area contributed by atoms with E-state index >= 15 is 0 Å². The molecule has 0 aliphatic carbocycles. The summed E-state index contributed by atoms with van der Waals surface area (Å²) in [5.41, 5.74) is 0.363. The van der Waals surface area contributed by atoms with Gasteiger partial charge in [-0.25, -0.2) is 14.8 Å². The molecule has 0 spiro atoms. The quantitative estimate of drug-likeness (QED) is 0.668. The molecule has 0 aromatic carbocycles. The van der Waals surface area contributed by atoms with Gasteiger partial charge in [0.15, 0.2) is 5.69 Å². The number of nitrogens with zero attached hydrogens (tertiary/aromatic N) is 3. The molecule has 7 heteroatoms. The van der Waals surface area contributed by atoms with E-state index in [0.29, 0.717) is 12.1 Å². The van der Waals surface area contributed by atoms with Gasteiger partial charge in [0.05, 0.1) is 6.54 Å². The number of hydrogen-bond donors (Lipinski definition) is 2. The van der Waals surface area contributed by atoms with Gasteiger partial charge >= 0.3 is 5.97 Å². The normalized spacial score (nSPS) is 16.2. The zero-order valence-corrected chi connectivity index (χ0v) is 8.60. The molecule has 0 saturated heterocycles. The fraction of sp³-hybridized carbons (Fsp3) is 0.333. The topological polar surface area (TPSA) is 95.4 Å². The zero-order valence-electron chi connectivity index (χ0n) is 8.60. The Morgan fingerprint density at radius 3 is 2.94 bits per heavy atom. The van der Waals surface area contributed by atoms with Gasteiger partial charge in [-0.15, -0.1) is 0 Å². The lowest BCUT2D eigenvalue weighted by Crippen LogP contribution is -2.26. The molecule has 0 unspecified atom stereocenters. The minimum atomic E-state index is -1.12. The van der Waals surface area contributed by atoms with Crippen LogP contribution in [-0.4, -0.2) is 45.4 Å². The molecule has 7 nitrogen and oxygen atoms in total. The maximum Gasteiger partial charge on any atom is 0.355 e. The summed E-state index contributed by atoms with van der Waals surface area (Å²) in [7, 11) is 1.73. The van der Waals surface area contributed by atoms with Gasteiger partial charge in [0, 0.05) is 12.1 Å². The van der Waals surface area contributed by atoms with E-state index in [1.54, 1.807) is 11.9 Å². The van der Waals surface area contributed by atoms with Crippen molar-refractivity contribution in [1.29, 1.82) is 0 Å². The molecule has 0 fully saturated rings. The van der Waals surface area contributed by atoms with Gasteiger partial charge in [0.2, 0.25) is 5.91 Å². The molecule has 0 saturated carbocycles. The molecular weight excluding hydrogens is 212 g/mol. The predicted octanol–water partition coefficient (Wildman–Crippen LogP) is -0.441. The molecule has 1 aromatic heterocycles. The van der Waals surface area contributed by atoms with E-state index in [1.807, 2.05) is 0 Å². The van der Waals surface area contributed by atoms with Crippen LogP contribution < -0.4 is 5.32 Å². The predicted molar refractivity (Wildman–Crippen MR) is 54.0 cm³/mol. The Hall–Kier alpha value is -2.02. The fourth-order valence-electron chi connectivity index (χ4n) is 1.60. The van der Waals surface area contributed by atoms with Crippen LogP contribution in [0.4, 0.5) is 5.82 Å². The van der Waals surface area contributed by atoms with Gasteiger partial charge in [-0.05, 0) is 7.05 Å². The molecule has 0 bridgehead atoms. The van der Waals surface area contributed by atoms with Crippen molar-refractivity contribution in [2.45, 2.75) is 6.54 Å². The number of carbonyl (C=O) groups is 2. The molecule has 84 valence electrons. The third-order valence-electron chi connectivity index (χ3n) is 2.25. The third-order valence-corrected chi connectivity index (χ3v) is 2.25. The van der Waals surface area contributed by atoms with E-state index in [2.05, 4.69) is 15.3 Å². The minimum absolute atomic E-state index is 0.0703. The molecule has 1 amide bonds. The van der Waals surface area contributed by atoms with E-state index in [1.165, 1.54) is 0 Å². The highest BCUT2D eigenvalue weighted by Gasteiger charge is 2.23. The Kier molecular flexibility index (Phi) is 2.53. The van der Waals surface area contributed by atoms with Crippen molar-refractivity contribution < 1.29 is 14.7 Å². The summed E-state index contributed by atoms with van der Waals surface area (Å²) in [6.07, 6.45) is 1.13. The van der Waals surface area contributed by atoms with Crippen LogP contribution in [0.2, 0.25) is 0 Å². The summed E-state index contributed by atoms with van der Waals surface area (Å²) < 4.78 is 0. The second kappa shape index (κ2) is 3.86. The maximum atomic E-state index is 11.4. The minimum Gasteiger partial charge on any atom is -0.476 e. The molecule has 2 N–H and O–H groups in total. The van der Waals surface area contributed by atoms with Gasteiger partial charge in [-0.2, -0.15) is 0 Å². The smallest absolute Gasteiger partial charge is 0.355 e. The fourth-order valence-corrected chi connectivity index (χ4v) is 1.60. The summed E-state index contributed by atoms with van der Waals surface area (Å²) in [4.78, 5) is 31.6. The van der Waals surface area contributed by atoms with Crippen LogP contribution in [0.15, 0.2) is 6.33 Å². The highest BCUT2D eigenvalue weighted by atomic mass is 16.4. The second-order valence-corrected chi connectivity index (χ2v) is 3.58. The summed E-state index contributed by atoms with van der Waals surface area (Å²) in [6.45, 7) is 0.534. The van der Waals surface area contributed by atoms with Gasteiger partial charge in [-0.3, -0.25) is 9.69 Å². The lowest BCUT2D eigenvalue weighted by molar-refractivity contribution is -0.116. The van der Waals surface area contributed by atoms with E-state index in [0.717, 1.165) is 6.33 Å². The van der Waals surface area contributed by atoms with Crippen LogP contribution in [0.1, 0.15) is 16.1 Å². The number of likely N-dealkylation sites (N-methyl/N-ethyl adjacent to an activating group) is 1. The summed E-state index contributed by atoms with van der Waals surface area (Å²) in [5.74, 6) is -1.05. The number of carbonyl (C=O) groups excluding carboxylic acids is 1. The average Bonchev–Trinajstić information content (AvgIpc) is 2.33. The Morgan fingerprint density at radius 1 is 1.50 bits per heavy atom. The first-order chi connectivity index (χ1) is 7.58. The first kappa shape index (κ1) is 10.5. The Labute approximate surface area is 91.1 Å². The molecular formula is C9H10N4O3. The van der Waals surface area contributed by atoms with E-state index in [4.69, 9.17) is 5.11 Å². The highest BCUT2D eigenvalue weighted by molar-refractivity contribution is 5.95. The van der Waals surface area contributed by atoms with E-state index < -0.39 is 5.97 Å². The monoisotopic (exact) mass is 222 g/mol. The van der Waals surface area contributed by atoms with Crippen LogP contribution in [0.25, 0.3) is 0 Å². The second-order valence-electron chi connectivity index (χ2n) is 3.58. The van der Waals surface area contributed by atoms with Crippen molar-refractivity contribution in [1.82, 2.24) is 14.9 Å². The van der Waals surface area contributed by atoms with E-state index in [-0.39, 0.29) is 24.0 Å². The van der Waals surface area contributed by atoms with Gasteiger partial charge in [-0.1, -0.05) is 0 Å². The molecule has 2 heterocycles. The Bertz CT molecular complexity index is 460. The summed E-state index contributed by atoms with van der Waals surface area (Å²) in [5, 5.41) is 11.5. The number of nitrogens with one attached hydrogen (secondary N) is 1. The summed E-state index contributed by atoms with van der Waals surface area (Å²) >= 11 is 0. The molecule has 2 rings (SSSR count). The molecule has 0 radical (unpaired) electrons. The largest absolute Gasteiger partial charge is 0.476 e. The maximum absolute atomic E-state index is 11.4. The van der Waals surface area contributed by atoms with Crippen molar-refractivity contribution in [2.75, 3.05) is 18.9 Å². The molecule has 1 aliphatic rings. The molecule has 1 aromatic rings. The third kappa shape index (κ3) is 1.84. The number of rotatable bonds is 1. The first-order valence-corrected chi connectivity index (χ1v) is 4.63. The molecule has 16 heavy (non-hydrogen) atoms. The van der Waals surface area contributed by atoms with Crippen LogP contribution in [0, 0.1) is 0 Å². The number of carboxylic acid groups (broad SMARTS) is 1. The van der Waals surface area contributed by atoms with Gasteiger partial charge in [0.25, 0.3) is 0 Å². The van der Waals surface area contributed by atoms with Crippen molar-refractivity contribution in [3.8, 4) is 0 Å². The lowest BCUT2D eigenvalue weighted by Gasteiger charge is -2.12. The van der Waals surface area contributed by atoms with Gasteiger partial charge in [0.1, 0.15) is 12.1 Å². The number of aromatic nitrogens is 2. The number of amides is 1. The zero-order chi connectivity index (χ0) is 11.7. The number of fused-ring (bicyclic) bond motifs is 1. The lowest BCUT2D eigenvalue weighted by atomic mass is 10.2. The van der Waals surface area contributed by atoms with Gasteiger partial charge < -0.3 is 10.4 Å². The SMILES string of the molecule is CN1CC(=O)Nc2ncnc(C(=O)O)c2C1. The van der Waals surface area contributed by atoms with E-state index in [9.17, 15) is 9.59 Å².